The van der Waals surface area contributed by atoms with E-state index in [4.69, 9.17) is 11.6 Å². The molecule has 0 saturated carbocycles. The number of hydrogen-bond donors (Lipinski definition) is 0. The molecule has 2 amide bonds. The minimum atomic E-state index is -0.353. The Morgan fingerprint density at radius 3 is 2.32 bits per heavy atom. The molecular weight excluding hydrogens is 374 g/mol. The highest BCUT2D eigenvalue weighted by atomic mass is 35.5. The first kappa shape index (κ1) is 17.2. The second-order valence-electron chi connectivity index (χ2n) is 7.19. The van der Waals surface area contributed by atoms with E-state index in [1.807, 2.05) is 24.3 Å². The smallest absolute Gasteiger partial charge is 0.267 e. The van der Waals surface area contributed by atoms with Crippen molar-refractivity contribution in [2.24, 2.45) is 0 Å². The SMILES string of the molecule is O=C1c2cccc3c(N4CCCCC4)ccc(c23)C(=O)N1c1ccc(Cl)cn1. The van der Waals surface area contributed by atoms with Crippen molar-refractivity contribution in [3.63, 3.8) is 0 Å². The fourth-order valence-corrected chi connectivity index (χ4v) is 4.31. The standard InChI is InChI=1S/C22H18ClN3O2/c23-14-7-10-19(24-13-14)26-21(27)16-6-4-5-15-18(25-11-2-1-3-12-25)9-8-17(20(15)16)22(26)28/h4-10,13H,1-3,11-12H2. The third kappa shape index (κ3) is 2.58. The average Bonchev–Trinajstić information content (AvgIpc) is 2.73. The minimum Gasteiger partial charge on any atom is -0.371 e. The highest BCUT2D eigenvalue weighted by Crippen LogP contribution is 2.37. The monoisotopic (exact) mass is 391 g/mol. The molecule has 3 aromatic rings. The van der Waals surface area contributed by atoms with Crippen molar-refractivity contribution in [3.8, 4) is 0 Å². The van der Waals surface area contributed by atoms with Crippen LogP contribution in [0.2, 0.25) is 5.02 Å². The first-order valence-corrected chi connectivity index (χ1v) is 9.84. The molecule has 1 fully saturated rings. The van der Waals surface area contributed by atoms with Crippen LogP contribution in [-0.2, 0) is 0 Å². The molecule has 0 atom stereocenters. The van der Waals surface area contributed by atoms with Crippen molar-refractivity contribution in [3.05, 3.63) is 64.8 Å². The molecule has 3 heterocycles. The lowest BCUT2D eigenvalue weighted by Gasteiger charge is -2.32. The van der Waals surface area contributed by atoms with E-state index in [0.29, 0.717) is 16.1 Å². The third-order valence-corrected chi connectivity index (χ3v) is 5.75. The number of anilines is 2. The number of carbonyl (C=O) groups excluding carboxylic acids is 2. The molecule has 2 aromatic carbocycles. The van der Waals surface area contributed by atoms with Gasteiger partial charge in [-0.3, -0.25) is 9.59 Å². The molecule has 5 rings (SSSR count). The molecule has 2 aliphatic heterocycles. The van der Waals surface area contributed by atoms with E-state index in [2.05, 4.69) is 9.88 Å². The zero-order valence-corrected chi connectivity index (χ0v) is 15.9. The second kappa shape index (κ2) is 6.60. The Morgan fingerprint density at radius 1 is 0.857 bits per heavy atom. The van der Waals surface area contributed by atoms with Crippen LogP contribution in [-0.4, -0.2) is 29.9 Å². The van der Waals surface area contributed by atoms with Gasteiger partial charge in [0.25, 0.3) is 11.8 Å². The summed E-state index contributed by atoms with van der Waals surface area (Å²) in [6, 6.07) is 12.7. The van der Waals surface area contributed by atoms with Gasteiger partial charge in [-0.05, 0) is 49.6 Å². The summed E-state index contributed by atoms with van der Waals surface area (Å²) < 4.78 is 0. The van der Waals surface area contributed by atoms with Crippen LogP contribution in [0.3, 0.4) is 0 Å². The molecule has 0 spiro atoms. The Morgan fingerprint density at radius 2 is 1.61 bits per heavy atom. The van der Waals surface area contributed by atoms with Crippen LogP contribution in [0.5, 0.6) is 0 Å². The van der Waals surface area contributed by atoms with Crippen LogP contribution in [0.4, 0.5) is 11.5 Å². The fraction of sp³-hybridized carbons (Fsp3) is 0.227. The third-order valence-electron chi connectivity index (χ3n) is 5.52. The van der Waals surface area contributed by atoms with Gasteiger partial charge in [0, 0.05) is 46.9 Å². The summed E-state index contributed by atoms with van der Waals surface area (Å²) in [6.45, 7) is 2.00. The van der Waals surface area contributed by atoms with E-state index in [1.165, 1.54) is 12.6 Å². The predicted octanol–water partition coefficient (Wildman–Crippen LogP) is 4.68. The Balaban J connectivity index is 1.68. The molecule has 0 radical (unpaired) electrons. The number of aromatic nitrogens is 1. The zero-order chi connectivity index (χ0) is 19.3. The van der Waals surface area contributed by atoms with Crippen LogP contribution in [0.1, 0.15) is 40.0 Å². The quantitative estimate of drug-likeness (QED) is 0.595. The number of halogens is 1. The molecule has 0 unspecified atom stereocenters. The highest BCUT2D eigenvalue weighted by molar-refractivity contribution is 6.36. The van der Waals surface area contributed by atoms with Crippen LogP contribution >= 0.6 is 11.6 Å². The van der Waals surface area contributed by atoms with Crippen molar-refractivity contribution in [1.82, 2.24) is 4.98 Å². The number of amides is 2. The topological polar surface area (TPSA) is 53.5 Å². The molecule has 0 bridgehead atoms. The Kier molecular flexibility index (Phi) is 4.05. The zero-order valence-electron chi connectivity index (χ0n) is 15.2. The van der Waals surface area contributed by atoms with Crippen LogP contribution in [0.15, 0.2) is 48.7 Å². The molecular formula is C22H18ClN3O2. The van der Waals surface area contributed by atoms with E-state index < -0.39 is 0 Å². The normalized spacial score (nSPS) is 16.8. The maximum Gasteiger partial charge on any atom is 0.267 e. The van der Waals surface area contributed by atoms with Gasteiger partial charge in [-0.1, -0.05) is 23.7 Å². The number of rotatable bonds is 2. The summed E-state index contributed by atoms with van der Waals surface area (Å²) in [5.74, 6) is -0.426. The van der Waals surface area contributed by atoms with Crippen LogP contribution in [0.25, 0.3) is 10.8 Å². The molecule has 0 N–H and O–H groups in total. The van der Waals surface area contributed by atoms with Crippen molar-refractivity contribution >= 4 is 45.7 Å². The van der Waals surface area contributed by atoms with Gasteiger partial charge in [-0.2, -0.15) is 0 Å². The van der Waals surface area contributed by atoms with Gasteiger partial charge in [0.05, 0.1) is 5.02 Å². The first-order valence-electron chi connectivity index (χ1n) is 9.46. The van der Waals surface area contributed by atoms with Gasteiger partial charge in [0.15, 0.2) is 0 Å². The lowest BCUT2D eigenvalue weighted by atomic mass is 9.92. The first-order chi connectivity index (χ1) is 13.6. The van der Waals surface area contributed by atoms with Crippen LogP contribution < -0.4 is 9.80 Å². The molecule has 0 aliphatic carbocycles. The Hall–Kier alpha value is -2.92. The summed E-state index contributed by atoms with van der Waals surface area (Å²) >= 11 is 5.91. The van der Waals surface area contributed by atoms with E-state index in [9.17, 15) is 9.59 Å². The van der Waals surface area contributed by atoms with Gasteiger partial charge < -0.3 is 4.90 Å². The number of nitrogens with zero attached hydrogens (tertiary/aromatic N) is 3. The Bertz CT molecular complexity index is 1080. The van der Waals surface area contributed by atoms with Gasteiger partial charge in [-0.15, -0.1) is 0 Å². The van der Waals surface area contributed by atoms with E-state index in [0.717, 1.165) is 47.3 Å². The summed E-state index contributed by atoms with van der Waals surface area (Å²) in [5.41, 5.74) is 2.16. The van der Waals surface area contributed by atoms with Gasteiger partial charge in [0.1, 0.15) is 5.82 Å². The van der Waals surface area contributed by atoms with Crippen molar-refractivity contribution in [2.75, 3.05) is 22.9 Å². The van der Waals surface area contributed by atoms with E-state index >= 15 is 0 Å². The number of benzene rings is 2. The second-order valence-corrected chi connectivity index (χ2v) is 7.62. The molecule has 1 aromatic heterocycles. The maximum absolute atomic E-state index is 13.2. The van der Waals surface area contributed by atoms with Crippen molar-refractivity contribution in [1.29, 1.82) is 0 Å². The number of piperidine rings is 1. The molecule has 5 nitrogen and oxygen atoms in total. The van der Waals surface area contributed by atoms with Gasteiger partial charge in [0.2, 0.25) is 0 Å². The number of carbonyl (C=O) groups is 2. The number of hydrogen-bond acceptors (Lipinski definition) is 4. The predicted molar refractivity (Wildman–Crippen MR) is 110 cm³/mol. The summed E-state index contributed by atoms with van der Waals surface area (Å²) in [6.07, 6.45) is 5.01. The van der Waals surface area contributed by atoms with Crippen molar-refractivity contribution in [2.45, 2.75) is 19.3 Å². The van der Waals surface area contributed by atoms with E-state index in [-0.39, 0.29) is 17.6 Å². The lowest BCUT2D eigenvalue weighted by Crippen LogP contribution is -2.41. The van der Waals surface area contributed by atoms with Gasteiger partial charge in [-0.25, -0.2) is 9.88 Å². The molecule has 28 heavy (non-hydrogen) atoms. The molecule has 1 saturated heterocycles. The highest BCUT2D eigenvalue weighted by Gasteiger charge is 2.35. The summed E-state index contributed by atoms with van der Waals surface area (Å²) in [7, 11) is 0. The number of imide groups is 1. The van der Waals surface area contributed by atoms with Gasteiger partial charge >= 0.3 is 0 Å². The van der Waals surface area contributed by atoms with Crippen LogP contribution in [0, 0.1) is 0 Å². The largest absolute Gasteiger partial charge is 0.371 e. The number of pyridine rings is 1. The molecule has 2 aliphatic rings. The fourth-order valence-electron chi connectivity index (χ4n) is 4.20. The average molecular weight is 392 g/mol. The maximum atomic E-state index is 13.2. The molecule has 140 valence electrons. The minimum absolute atomic E-state index is 0.280. The summed E-state index contributed by atoms with van der Waals surface area (Å²) in [5, 5.41) is 2.16. The lowest BCUT2D eigenvalue weighted by molar-refractivity contribution is 0.0892. The van der Waals surface area contributed by atoms with E-state index in [1.54, 1.807) is 18.2 Å². The Labute approximate surface area is 167 Å². The summed E-state index contributed by atoms with van der Waals surface area (Å²) in [4.78, 5) is 34.1. The molecule has 6 heteroatoms. The van der Waals surface area contributed by atoms with Crippen molar-refractivity contribution < 1.29 is 9.59 Å².